The molecule has 11 nitrogen and oxygen atoms in total. The molecule has 0 unspecified atom stereocenters. The Morgan fingerprint density at radius 2 is 1.61 bits per heavy atom. The summed E-state index contributed by atoms with van der Waals surface area (Å²) >= 11 is 0. The van der Waals surface area contributed by atoms with Crippen molar-refractivity contribution in [1.82, 2.24) is 14.1 Å². The molecule has 4 rings (SSSR count). The van der Waals surface area contributed by atoms with Crippen molar-refractivity contribution in [2.24, 2.45) is 28.3 Å². The summed E-state index contributed by atoms with van der Waals surface area (Å²) in [5, 5.41) is 0. The Balaban J connectivity index is 1.48. The fourth-order valence-electron chi connectivity index (χ4n) is 6.38. The molecule has 0 spiro atoms. The van der Waals surface area contributed by atoms with Gasteiger partial charge in [-0.3, -0.25) is 14.4 Å². The Morgan fingerprint density at radius 1 is 0.951 bits per heavy atom. The van der Waals surface area contributed by atoms with Crippen LogP contribution in [0.2, 0.25) is 0 Å². The van der Waals surface area contributed by atoms with Gasteiger partial charge in [0.2, 0.25) is 21.8 Å². The first-order valence-electron chi connectivity index (χ1n) is 14.8. The van der Waals surface area contributed by atoms with E-state index in [1.165, 1.54) is 9.21 Å². The molecule has 0 aromatic heterocycles. The molecule has 0 radical (unpaired) electrons. The van der Waals surface area contributed by atoms with E-state index in [0.29, 0.717) is 45.3 Å². The molecule has 3 amide bonds. The van der Waals surface area contributed by atoms with Crippen LogP contribution in [0.4, 0.5) is 0 Å². The number of hydrogen-bond donors (Lipinski definition) is 2. The third-order valence-corrected chi connectivity index (χ3v) is 10.0. The average molecular weight is 589 g/mol. The highest BCUT2D eigenvalue weighted by molar-refractivity contribution is 7.88. The van der Waals surface area contributed by atoms with E-state index in [1.54, 1.807) is 0 Å². The predicted octanol–water partition coefficient (Wildman–Crippen LogP) is 1.47. The van der Waals surface area contributed by atoms with Gasteiger partial charge < -0.3 is 21.3 Å². The van der Waals surface area contributed by atoms with E-state index in [0.717, 1.165) is 43.9 Å². The quantitative estimate of drug-likeness (QED) is 0.326. The van der Waals surface area contributed by atoms with Crippen LogP contribution in [0.3, 0.4) is 0 Å². The van der Waals surface area contributed by atoms with Crippen LogP contribution >= 0.6 is 0 Å². The van der Waals surface area contributed by atoms with E-state index in [9.17, 15) is 22.8 Å². The number of hydrogen-bond acceptors (Lipinski definition) is 5. The Bertz CT molecular complexity index is 1210. The van der Waals surface area contributed by atoms with Crippen LogP contribution in [0.25, 0.3) is 0 Å². The predicted molar refractivity (Wildman–Crippen MR) is 157 cm³/mol. The van der Waals surface area contributed by atoms with Gasteiger partial charge in [-0.25, -0.2) is 8.42 Å². The fourth-order valence-corrected chi connectivity index (χ4v) is 7.49. The van der Waals surface area contributed by atoms with Gasteiger partial charge in [-0.05, 0) is 56.4 Å². The summed E-state index contributed by atoms with van der Waals surface area (Å²) in [5.74, 6) is -0.954. The normalized spacial score (nSPS) is 22.2. The Labute approximate surface area is 243 Å². The largest absolute Gasteiger partial charge is 0.369 e. The third-order valence-electron chi connectivity index (χ3n) is 8.75. The number of likely N-dealkylation sites (tertiary alicyclic amines) is 2. The van der Waals surface area contributed by atoms with Crippen LogP contribution < -0.4 is 11.5 Å². The maximum atomic E-state index is 13.9. The number of aliphatic imine (C=N–C) groups is 1. The highest BCUT2D eigenvalue weighted by Gasteiger charge is 2.41. The molecule has 41 heavy (non-hydrogen) atoms. The zero-order valence-electron chi connectivity index (χ0n) is 24.0. The summed E-state index contributed by atoms with van der Waals surface area (Å²) in [5.41, 5.74) is 12.6. The number of carbonyl (C=O) groups is 3. The molecule has 1 aromatic rings. The molecule has 1 aromatic carbocycles. The maximum Gasteiger partial charge on any atom is 0.251 e. The van der Waals surface area contributed by atoms with Gasteiger partial charge in [0.15, 0.2) is 5.96 Å². The SMILES string of the molecule is CS(=O)(=O)N(CC1CCN(C(N)=NC(=O)C2CCCCC2)CC1)[C@H](Cc1ccccc1)C(=O)N1CCC[C@H]1C(N)=O. The second kappa shape index (κ2) is 13.8. The van der Waals surface area contributed by atoms with Crippen molar-refractivity contribution in [3.05, 3.63) is 35.9 Å². The van der Waals surface area contributed by atoms with E-state index in [4.69, 9.17) is 11.5 Å². The molecule has 2 aliphatic heterocycles. The summed E-state index contributed by atoms with van der Waals surface area (Å²) in [6.07, 6.45) is 8.68. The van der Waals surface area contributed by atoms with Gasteiger partial charge in [-0.15, -0.1) is 0 Å². The zero-order valence-corrected chi connectivity index (χ0v) is 24.8. The second-order valence-corrected chi connectivity index (χ2v) is 13.6. The van der Waals surface area contributed by atoms with Crippen molar-refractivity contribution in [1.29, 1.82) is 0 Å². The lowest BCUT2D eigenvalue weighted by molar-refractivity contribution is -0.140. The lowest BCUT2D eigenvalue weighted by Crippen LogP contribution is -2.56. The lowest BCUT2D eigenvalue weighted by Gasteiger charge is -2.38. The van der Waals surface area contributed by atoms with Crippen molar-refractivity contribution < 1.29 is 22.8 Å². The zero-order chi connectivity index (χ0) is 29.6. The number of primary amides is 1. The summed E-state index contributed by atoms with van der Waals surface area (Å²) in [6, 6.07) is 7.57. The van der Waals surface area contributed by atoms with Gasteiger partial charge in [0.1, 0.15) is 12.1 Å². The van der Waals surface area contributed by atoms with Crippen molar-refractivity contribution in [3.8, 4) is 0 Å². The van der Waals surface area contributed by atoms with Crippen LogP contribution in [0.1, 0.15) is 63.4 Å². The smallest absolute Gasteiger partial charge is 0.251 e. The molecule has 226 valence electrons. The highest BCUT2D eigenvalue weighted by atomic mass is 32.2. The number of benzene rings is 1. The molecule has 2 atom stereocenters. The van der Waals surface area contributed by atoms with Crippen LogP contribution in [-0.2, 0) is 30.8 Å². The first-order valence-corrected chi connectivity index (χ1v) is 16.6. The first kappa shape index (κ1) is 31.0. The van der Waals surface area contributed by atoms with E-state index < -0.39 is 33.9 Å². The van der Waals surface area contributed by atoms with Gasteiger partial charge >= 0.3 is 0 Å². The molecular weight excluding hydrogens is 544 g/mol. The first-order chi connectivity index (χ1) is 19.5. The number of nitrogens with two attached hydrogens (primary N) is 2. The van der Waals surface area contributed by atoms with Crippen LogP contribution in [-0.4, -0.2) is 90.7 Å². The maximum absolute atomic E-state index is 13.9. The van der Waals surface area contributed by atoms with Gasteiger partial charge in [0.25, 0.3) is 5.91 Å². The molecule has 2 saturated heterocycles. The Hall–Kier alpha value is -2.99. The molecule has 4 N–H and O–H groups in total. The summed E-state index contributed by atoms with van der Waals surface area (Å²) in [6.45, 7) is 1.63. The van der Waals surface area contributed by atoms with Crippen molar-refractivity contribution in [3.63, 3.8) is 0 Å². The molecule has 3 fully saturated rings. The molecule has 3 aliphatic rings. The third kappa shape index (κ3) is 8.06. The Kier molecular flexibility index (Phi) is 10.4. The molecule has 1 aliphatic carbocycles. The minimum absolute atomic E-state index is 0.0144. The van der Waals surface area contributed by atoms with E-state index in [-0.39, 0.29) is 36.7 Å². The van der Waals surface area contributed by atoms with Gasteiger partial charge in [0.05, 0.1) is 6.26 Å². The molecular formula is C29H44N6O5S. The van der Waals surface area contributed by atoms with E-state index >= 15 is 0 Å². The van der Waals surface area contributed by atoms with Crippen molar-refractivity contribution in [2.45, 2.75) is 76.3 Å². The number of guanidine groups is 1. The van der Waals surface area contributed by atoms with Crippen LogP contribution in [0.15, 0.2) is 35.3 Å². The van der Waals surface area contributed by atoms with E-state index in [1.807, 2.05) is 35.2 Å². The molecule has 1 saturated carbocycles. The van der Waals surface area contributed by atoms with Crippen LogP contribution in [0, 0.1) is 11.8 Å². The fraction of sp³-hybridized carbons (Fsp3) is 0.655. The van der Waals surface area contributed by atoms with Crippen molar-refractivity contribution >= 4 is 33.7 Å². The highest BCUT2D eigenvalue weighted by Crippen LogP contribution is 2.27. The number of carbonyl (C=O) groups excluding carboxylic acids is 3. The van der Waals surface area contributed by atoms with Crippen molar-refractivity contribution in [2.75, 3.05) is 32.4 Å². The standard InChI is InChI=1S/C29H44N6O5S/c1-41(39,40)35(20-22-14-17-33(18-15-22)29(31)32-27(37)23-11-6-3-7-12-23)25(19-21-9-4-2-5-10-21)28(38)34-16-8-13-24(34)26(30)36/h2,4-5,9-10,22-25H,3,6-8,11-20H2,1H3,(H2,30,36)(H2,31,32,37)/t24-,25+/m0/s1. The molecule has 12 heteroatoms. The molecule has 2 heterocycles. The summed E-state index contributed by atoms with van der Waals surface area (Å²) in [4.78, 5) is 46.1. The monoisotopic (exact) mass is 588 g/mol. The lowest BCUT2D eigenvalue weighted by atomic mass is 9.89. The van der Waals surface area contributed by atoms with Gasteiger partial charge in [-0.2, -0.15) is 9.30 Å². The second-order valence-electron chi connectivity index (χ2n) is 11.7. The van der Waals surface area contributed by atoms with Gasteiger partial charge in [0, 0.05) is 32.1 Å². The van der Waals surface area contributed by atoms with Gasteiger partial charge in [-0.1, -0.05) is 49.6 Å². The molecule has 0 bridgehead atoms. The number of piperidine rings is 1. The minimum atomic E-state index is -3.79. The number of nitrogens with zero attached hydrogens (tertiary/aromatic N) is 4. The van der Waals surface area contributed by atoms with Crippen LogP contribution in [0.5, 0.6) is 0 Å². The summed E-state index contributed by atoms with van der Waals surface area (Å²) in [7, 11) is -3.79. The summed E-state index contributed by atoms with van der Waals surface area (Å²) < 4.78 is 27.7. The topological polar surface area (TPSA) is 159 Å². The Morgan fingerprint density at radius 3 is 2.22 bits per heavy atom. The average Bonchev–Trinajstić information content (AvgIpc) is 3.46. The van der Waals surface area contributed by atoms with E-state index in [2.05, 4.69) is 4.99 Å². The number of amides is 3. The number of sulfonamides is 1. The number of rotatable bonds is 9. The minimum Gasteiger partial charge on any atom is -0.369 e.